The van der Waals surface area contributed by atoms with Crippen LogP contribution in [0.3, 0.4) is 0 Å². The maximum Gasteiger partial charge on any atom is 0.255 e. The molecule has 0 saturated carbocycles. The Hall–Kier alpha value is -3.95. The number of benzene rings is 2. The van der Waals surface area contributed by atoms with Crippen molar-refractivity contribution in [3.63, 3.8) is 0 Å². The van der Waals surface area contributed by atoms with E-state index in [4.69, 9.17) is 15.1 Å². The number of methoxy groups -OCH3 is 1. The number of halogens is 1. The zero-order chi connectivity index (χ0) is 26.7. The number of rotatable bonds is 10. The number of imidazole rings is 1. The number of nitrogens with one attached hydrogen (secondary N) is 3. The zero-order valence-electron chi connectivity index (χ0n) is 21.6. The van der Waals surface area contributed by atoms with Crippen LogP contribution in [0, 0.1) is 5.41 Å². The number of carbonyl (C=O) groups is 2. The Bertz CT molecular complexity index is 1340. The first-order chi connectivity index (χ1) is 17.8. The SMILES string of the molecule is COc1cccc2c1nc(C(CCCNC(=N)CF)NC(=O)c1cccc3c1C(=O)N(C(C)C)C3)n2C. The molecule has 4 rings (SSSR count). The van der Waals surface area contributed by atoms with Gasteiger partial charge in [-0.15, -0.1) is 0 Å². The molecule has 0 spiro atoms. The lowest BCUT2D eigenvalue weighted by Crippen LogP contribution is -2.34. The number of aromatic nitrogens is 2. The fraction of sp³-hybridized carbons (Fsp3) is 0.407. The lowest BCUT2D eigenvalue weighted by molar-refractivity contribution is 0.0725. The summed E-state index contributed by atoms with van der Waals surface area (Å²) in [5, 5.41) is 13.3. The van der Waals surface area contributed by atoms with Crippen LogP contribution in [0.25, 0.3) is 11.0 Å². The molecule has 0 bridgehead atoms. The number of nitrogens with zero attached hydrogens (tertiary/aromatic N) is 3. The van der Waals surface area contributed by atoms with Crippen LogP contribution in [0.4, 0.5) is 4.39 Å². The summed E-state index contributed by atoms with van der Waals surface area (Å²) in [6, 6.07) is 10.5. The predicted molar refractivity (Wildman–Crippen MR) is 140 cm³/mol. The molecule has 0 fully saturated rings. The van der Waals surface area contributed by atoms with Crippen LogP contribution in [-0.4, -0.2) is 58.5 Å². The molecule has 1 aliphatic heterocycles. The smallest absolute Gasteiger partial charge is 0.255 e. The van der Waals surface area contributed by atoms with Crippen LogP contribution < -0.4 is 15.4 Å². The number of hydrogen-bond acceptors (Lipinski definition) is 5. The van der Waals surface area contributed by atoms with Crippen LogP contribution >= 0.6 is 0 Å². The first-order valence-corrected chi connectivity index (χ1v) is 12.4. The van der Waals surface area contributed by atoms with Crippen LogP contribution in [0.15, 0.2) is 36.4 Å². The van der Waals surface area contributed by atoms with Crippen molar-refractivity contribution < 1.29 is 18.7 Å². The predicted octanol–water partition coefficient (Wildman–Crippen LogP) is 3.73. The van der Waals surface area contributed by atoms with E-state index in [0.29, 0.717) is 54.1 Å². The molecule has 196 valence electrons. The molecule has 2 aromatic carbocycles. The molecule has 0 saturated heterocycles. The molecule has 3 aromatic rings. The monoisotopic (exact) mass is 508 g/mol. The minimum Gasteiger partial charge on any atom is -0.494 e. The van der Waals surface area contributed by atoms with Gasteiger partial charge in [-0.05, 0) is 50.5 Å². The second-order valence-electron chi connectivity index (χ2n) is 9.43. The van der Waals surface area contributed by atoms with Crippen molar-refractivity contribution in [2.45, 2.75) is 45.3 Å². The maximum absolute atomic E-state index is 13.6. The average Bonchev–Trinajstić information content (AvgIpc) is 3.42. The fourth-order valence-electron chi connectivity index (χ4n) is 4.77. The number of para-hydroxylation sites is 1. The van der Waals surface area contributed by atoms with Crippen molar-refractivity contribution in [1.82, 2.24) is 25.1 Å². The van der Waals surface area contributed by atoms with Crippen molar-refractivity contribution in [2.24, 2.45) is 7.05 Å². The number of ether oxygens (including phenoxy) is 1. The van der Waals surface area contributed by atoms with E-state index in [1.54, 1.807) is 24.1 Å². The number of amidine groups is 1. The highest BCUT2D eigenvalue weighted by molar-refractivity contribution is 6.09. The molecule has 2 heterocycles. The summed E-state index contributed by atoms with van der Waals surface area (Å²) in [7, 11) is 3.46. The molecule has 3 N–H and O–H groups in total. The molecule has 1 aromatic heterocycles. The maximum atomic E-state index is 13.6. The van der Waals surface area contributed by atoms with Crippen molar-refractivity contribution in [3.8, 4) is 5.75 Å². The summed E-state index contributed by atoms with van der Waals surface area (Å²) in [5.74, 6) is 0.581. The topological polar surface area (TPSA) is 112 Å². The van der Waals surface area contributed by atoms with E-state index in [2.05, 4.69) is 10.6 Å². The van der Waals surface area contributed by atoms with Crippen molar-refractivity contribution in [2.75, 3.05) is 20.3 Å². The van der Waals surface area contributed by atoms with Crippen molar-refractivity contribution >= 4 is 28.7 Å². The quantitative estimate of drug-likeness (QED) is 0.219. The van der Waals surface area contributed by atoms with E-state index in [1.165, 1.54) is 0 Å². The molecule has 0 aliphatic carbocycles. The van der Waals surface area contributed by atoms with Gasteiger partial charge in [0.25, 0.3) is 11.8 Å². The molecule has 1 atom stereocenters. The summed E-state index contributed by atoms with van der Waals surface area (Å²) in [6.07, 6.45) is 1.04. The molecule has 1 unspecified atom stereocenters. The van der Waals surface area contributed by atoms with Gasteiger partial charge in [-0.3, -0.25) is 15.0 Å². The van der Waals surface area contributed by atoms with E-state index in [1.807, 2.05) is 49.7 Å². The Morgan fingerprint density at radius 2 is 2.00 bits per heavy atom. The van der Waals surface area contributed by atoms with Crippen molar-refractivity contribution in [3.05, 3.63) is 58.9 Å². The van der Waals surface area contributed by atoms with Crippen LogP contribution in [-0.2, 0) is 13.6 Å². The average molecular weight is 509 g/mol. The Kier molecular flexibility index (Phi) is 7.75. The van der Waals surface area contributed by atoms with Gasteiger partial charge in [0, 0.05) is 26.2 Å². The van der Waals surface area contributed by atoms with E-state index in [0.717, 1.165) is 11.1 Å². The standard InChI is InChI=1S/C27H33FN6O3/c1-16(2)34-15-17-8-5-9-18(23(17)27(34)36)26(35)31-19(10-7-13-30-22(29)14-28)25-32-24-20(33(25)3)11-6-12-21(24)37-4/h5-6,8-9,11-12,16,19H,7,10,13-15H2,1-4H3,(H2,29,30)(H,31,35). The van der Waals surface area contributed by atoms with Gasteiger partial charge in [0.05, 0.1) is 29.8 Å². The van der Waals surface area contributed by atoms with Crippen LogP contribution in [0.5, 0.6) is 5.75 Å². The zero-order valence-corrected chi connectivity index (χ0v) is 21.6. The first-order valence-electron chi connectivity index (χ1n) is 12.4. The molecule has 1 aliphatic rings. The van der Waals surface area contributed by atoms with Gasteiger partial charge in [0.1, 0.15) is 29.6 Å². The van der Waals surface area contributed by atoms with Gasteiger partial charge >= 0.3 is 0 Å². The normalized spacial score (nSPS) is 13.7. The van der Waals surface area contributed by atoms with E-state index in [9.17, 15) is 14.0 Å². The van der Waals surface area contributed by atoms with Gasteiger partial charge in [0.2, 0.25) is 0 Å². The minimum absolute atomic E-state index is 0.0223. The Balaban J connectivity index is 1.65. The molecule has 37 heavy (non-hydrogen) atoms. The lowest BCUT2D eigenvalue weighted by atomic mass is 10.0. The Morgan fingerprint density at radius 3 is 2.70 bits per heavy atom. The summed E-state index contributed by atoms with van der Waals surface area (Å²) in [5.41, 5.74) is 3.16. The lowest BCUT2D eigenvalue weighted by Gasteiger charge is -2.21. The molecular weight excluding hydrogens is 475 g/mol. The largest absolute Gasteiger partial charge is 0.494 e. The van der Waals surface area contributed by atoms with Gasteiger partial charge in [-0.1, -0.05) is 18.2 Å². The third-order valence-electron chi connectivity index (χ3n) is 6.72. The summed E-state index contributed by atoms with van der Waals surface area (Å²) < 4.78 is 20.1. The highest BCUT2D eigenvalue weighted by Crippen LogP contribution is 2.31. The third kappa shape index (κ3) is 5.14. The molecule has 9 nitrogen and oxygen atoms in total. The summed E-state index contributed by atoms with van der Waals surface area (Å²) in [4.78, 5) is 33.3. The number of carbonyl (C=O) groups excluding carboxylic acids is 2. The Morgan fingerprint density at radius 1 is 1.24 bits per heavy atom. The number of aryl methyl sites for hydroxylation is 1. The number of hydrogen-bond donors (Lipinski definition) is 3. The van der Waals surface area contributed by atoms with Gasteiger partial charge in [0.15, 0.2) is 0 Å². The van der Waals surface area contributed by atoms with Gasteiger partial charge in [-0.25, -0.2) is 9.37 Å². The minimum atomic E-state index is -0.856. The van der Waals surface area contributed by atoms with E-state index < -0.39 is 12.7 Å². The highest BCUT2D eigenvalue weighted by Gasteiger charge is 2.34. The van der Waals surface area contributed by atoms with E-state index >= 15 is 0 Å². The Labute approximate surface area is 215 Å². The van der Waals surface area contributed by atoms with Gasteiger partial charge < -0.3 is 24.8 Å². The summed E-state index contributed by atoms with van der Waals surface area (Å²) in [6.45, 7) is 3.91. The fourth-order valence-corrected chi connectivity index (χ4v) is 4.77. The summed E-state index contributed by atoms with van der Waals surface area (Å²) >= 11 is 0. The third-order valence-corrected chi connectivity index (χ3v) is 6.72. The van der Waals surface area contributed by atoms with Crippen LogP contribution in [0.2, 0.25) is 0 Å². The number of amides is 2. The van der Waals surface area contributed by atoms with Crippen LogP contribution in [0.1, 0.15) is 64.8 Å². The highest BCUT2D eigenvalue weighted by atomic mass is 19.1. The number of alkyl halides is 1. The second-order valence-corrected chi connectivity index (χ2v) is 9.43. The number of fused-ring (bicyclic) bond motifs is 2. The van der Waals surface area contributed by atoms with Crippen molar-refractivity contribution in [1.29, 1.82) is 5.41 Å². The first kappa shape index (κ1) is 26.1. The molecule has 10 heteroatoms. The van der Waals surface area contributed by atoms with Gasteiger partial charge in [-0.2, -0.15) is 0 Å². The molecule has 0 radical (unpaired) electrons. The second kappa shape index (κ2) is 11.0. The molecule has 2 amide bonds. The van der Waals surface area contributed by atoms with E-state index in [-0.39, 0.29) is 23.7 Å². The molecular formula is C27H33FN6O3.